The number of methoxy groups -OCH3 is 1. The smallest absolute Gasteiger partial charge is 0.242 e. The van der Waals surface area contributed by atoms with Crippen LogP contribution in [0.2, 0.25) is 0 Å². The molecule has 0 radical (unpaired) electrons. The van der Waals surface area contributed by atoms with Gasteiger partial charge < -0.3 is 20.3 Å². The van der Waals surface area contributed by atoms with Crippen LogP contribution in [0.3, 0.4) is 0 Å². The summed E-state index contributed by atoms with van der Waals surface area (Å²) in [6.45, 7) is 5.10. The maximum atomic E-state index is 12.7. The van der Waals surface area contributed by atoms with Crippen LogP contribution in [0.1, 0.15) is 25.3 Å². The van der Waals surface area contributed by atoms with Crippen LogP contribution in [0.15, 0.2) is 30.3 Å². The van der Waals surface area contributed by atoms with Gasteiger partial charge in [0.25, 0.3) is 0 Å². The Morgan fingerprint density at radius 2 is 1.88 bits per heavy atom. The Balaban J connectivity index is 0.00000338. The van der Waals surface area contributed by atoms with Crippen LogP contribution in [0.4, 0.5) is 0 Å². The lowest BCUT2D eigenvalue weighted by molar-refractivity contribution is -0.140. The molecule has 6 nitrogen and oxygen atoms in total. The number of nitrogens with one attached hydrogen (secondary N) is 2. The molecule has 1 aromatic rings. The van der Waals surface area contributed by atoms with E-state index in [9.17, 15) is 9.59 Å². The predicted molar refractivity (Wildman–Crippen MR) is 104 cm³/mol. The van der Waals surface area contributed by atoms with Gasteiger partial charge in [0.05, 0.1) is 18.6 Å². The maximum absolute atomic E-state index is 12.7. The highest BCUT2D eigenvalue weighted by Gasteiger charge is 2.39. The first-order valence-electron chi connectivity index (χ1n) is 8.91. The first-order chi connectivity index (χ1) is 12.1. The number of halogens is 1. The summed E-state index contributed by atoms with van der Waals surface area (Å²) >= 11 is 0. The molecule has 2 amide bonds. The lowest BCUT2D eigenvalue weighted by atomic mass is 9.78. The molecule has 2 N–H and O–H groups in total. The quantitative estimate of drug-likeness (QED) is 0.715. The first-order valence-corrected chi connectivity index (χ1v) is 8.91. The van der Waals surface area contributed by atoms with Gasteiger partial charge in [-0.1, -0.05) is 30.3 Å². The van der Waals surface area contributed by atoms with Crippen LogP contribution in [-0.4, -0.2) is 56.6 Å². The SMILES string of the molecule is CCN(Cc1ccccc1)C(=O)CNC(=O)C1(COC)CCNCC1.Cl. The zero-order chi connectivity index (χ0) is 18.1. The second kappa shape index (κ2) is 11.2. The minimum Gasteiger partial charge on any atom is -0.384 e. The molecule has 1 aliphatic heterocycles. The monoisotopic (exact) mass is 383 g/mol. The van der Waals surface area contributed by atoms with Crippen molar-refractivity contribution in [3.8, 4) is 0 Å². The van der Waals surface area contributed by atoms with Gasteiger partial charge in [0.1, 0.15) is 0 Å². The molecule has 146 valence electrons. The van der Waals surface area contributed by atoms with Crippen LogP contribution >= 0.6 is 12.4 Å². The zero-order valence-corrected chi connectivity index (χ0v) is 16.4. The third-order valence-electron chi connectivity index (χ3n) is 4.81. The Morgan fingerprint density at radius 1 is 1.23 bits per heavy atom. The summed E-state index contributed by atoms with van der Waals surface area (Å²) < 4.78 is 5.28. The second-order valence-corrected chi connectivity index (χ2v) is 6.54. The fourth-order valence-corrected chi connectivity index (χ4v) is 3.25. The van der Waals surface area contributed by atoms with Crippen molar-refractivity contribution in [2.75, 3.05) is 39.9 Å². The van der Waals surface area contributed by atoms with Gasteiger partial charge >= 0.3 is 0 Å². The summed E-state index contributed by atoms with van der Waals surface area (Å²) in [5.41, 5.74) is 0.551. The van der Waals surface area contributed by atoms with E-state index in [1.54, 1.807) is 12.0 Å². The average molecular weight is 384 g/mol. The largest absolute Gasteiger partial charge is 0.384 e. The van der Waals surface area contributed by atoms with Gasteiger partial charge in [-0.05, 0) is 38.4 Å². The van der Waals surface area contributed by atoms with Gasteiger partial charge in [-0.15, -0.1) is 12.4 Å². The molecule has 0 atom stereocenters. The Bertz CT molecular complexity index is 557. The number of rotatable bonds is 8. The molecule has 1 aromatic carbocycles. The van der Waals surface area contributed by atoms with Crippen molar-refractivity contribution in [2.45, 2.75) is 26.3 Å². The molecule has 0 aliphatic carbocycles. The minimum atomic E-state index is -0.531. The Hall–Kier alpha value is -1.63. The lowest BCUT2D eigenvalue weighted by Crippen LogP contribution is -2.52. The first kappa shape index (κ1) is 22.4. The van der Waals surface area contributed by atoms with Crippen LogP contribution in [-0.2, 0) is 20.9 Å². The van der Waals surface area contributed by atoms with Crippen LogP contribution in [0, 0.1) is 5.41 Å². The molecule has 0 spiro atoms. The Labute approximate surface area is 162 Å². The molecule has 0 saturated carbocycles. The minimum absolute atomic E-state index is 0. The Kier molecular flexibility index (Phi) is 9.62. The predicted octanol–water partition coefficient (Wildman–Crippen LogP) is 1.59. The topological polar surface area (TPSA) is 70.7 Å². The normalized spacial score (nSPS) is 15.6. The fraction of sp³-hybridized carbons (Fsp3) is 0.579. The average Bonchev–Trinajstić information content (AvgIpc) is 2.65. The van der Waals surface area contributed by atoms with Crippen molar-refractivity contribution in [2.24, 2.45) is 5.41 Å². The number of benzene rings is 1. The molecule has 0 unspecified atom stereocenters. The van der Waals surface area contributed by atoms with Crippen LogP contribution in [0.25, 0.3) is 0 Å². The Morgan fingerprint density at radius 3 is 2.46 bits per heavy atom. The molecule has 2 rings (SSSR count). The summed E-state index contributed by atoms with van der Waals surface area (Å²) in [5.74, 6) is -0.152. The van der Waals surface area contributed by atoms with Gasteiger partial charge in [-0.2, -0.15) is 0 Å². The van der Waals surface area contributed by atoms with E-state index in [2.05, 4.69) is 10.6 Å². The zero-order valence-electron chi connectivity index (χ0n) is 15.6. The van der Waals surface area contributed by atoms with E-state index in [0.29, 0.717) is 19.7 Å². The molecule has 7 heteroatoms. The number of ether oxygens (including phenoxy) is 1. The number of piperidine rings is 1. The van der Waals surface area contributed by atoms with Crippen molar-refractivity contribution in [3.05, 3.63) is 35.9 Å². The van der Waals surface area contributed by atoms with Crippen molar-refractivity contribution in [1.29, 1.82) is 0 Å². The van der Waals surface area contributed by atoms with E-state index in [1.807, 2.05) is 37.3 Å². The van der Waals surface area contributed by atoms with Crippen molar-refractivity contribution >= 4 is 24.2 Å². The van der Waals surface area contributed by atoms with Crippen molar-refractivity contribution < 1.29 is 14.3 Å². The van der Waals surface area contributed by atoms with Gasteiger partial charge in [0.2, 0.25) is 11.8 Å². The summed E-state index contributed by atoms with van der Waals surface area (Å²) in [6.07, 6.45) is 1.45. The van der Waals surface area contributed by atoms with Crippen LogP contribution in [0.5, 0.6) is 0 Å². The molecule has 1 heterocycles. The van der Waals surface area contributed by atoms with Gasteiger partial charge in [-0.3, -0.25) is 9.59 Å². The molecular weight excluding hydrogens is 354 g/mol. The number of carbonyl (C=O) groups is 2. The highest BCUT2D eigenvalue weighted by Crippen LogP contribution is 2.29. The third kappa shape index (κ3) is 5.97. The molecule has 0 bridgehead atoms. The van der Waals surface area contributed by atoms with Gasteiger partial charge in [-0.25, -0.2) is 0 Å². The number of likely N-dealkylation sites (N-methyl/N-ethyl adjacent to an activating group) is 1. The second-order valence-electron chi connectivity index (χ2n) is 6.54. The molecule has 1 fully saturated rings. The summed E-state index contributed by atoms with van der Waals surface area (Å²) in [7, 11) is 1.61. The molecule has 1 saturated heterocycles. The number of nitrogens with zero attached hydrogens (tertiary/aromatic N) is 1. The number of carbonyl (C=O) groups excluding carboxylic acids is 2. The van der Waals surface area contributed by atoms with E-state index >= 15 is 0 Å². The van der Waals surface area contributed by atoms with Crippen molar-refractivity contribution in [3.63, 3.8) is 0 Å². The third-order valence-corrected chi connectivity index (χ3v) is 4.81. The highest BCUT2D eigenvalue weighted by atomic mass is 35.5. The highest BCUT2D eigenvalue weighted by molar-refractivity contribution is 5.88. The van der Waals surface area contributed by atoms with Gasteiger partial charge in [0, 0.05) is 20.2 Å². The summed E-state index contributed by atoms with van der Waals surface area (Å²) in [6, 6.07) is 9.87. The summed E-state index contributed by atoms with van der Waals surface area (Å²) in [4.78, 5) is 26.9. The molecular formula is C19H30ClN3O3. The summed E-state index contributed by atoms with van der Waals surface area (Å²) in [5, 5.41) is 6.10. The fourth-order valence-electron chi connectivity index (χ4n) is 3.25. The number of amides is 2. The maximum Gasteiger partial charge on any atom is 0.242 e. The lowest BCUT2D eigenvalue weighted by Gasteiger charge is -2.35. The van der Waals surface area contributed by atoms with E-state index in [-0.39, 0.29) is 30.8 Å². The van der Waals surface area contributed by atoms with E-state index in [1.165, 1.54) is 0 Å². The van der Waals surface area contributed by atoms with E-state index in [0.717, 1.165) is 31.5 Å². The van der Waals surface area contributed by atoms with Crippen LogP contribution < -0.4 is 10.6 Å². The van der Waals surface area contributed by atoms with E-state index < -0.39 is 5.41 Å². The standard InChI is InChI=1S/C19H29N3O3.ClH/c1-3-22(14-16-7-5-4-6-8-16)17(23)13-21-18(24)19(15-25-2)9-11-20-12-10-19;/h4-8,20H,3,9-15H2,1-2H3,(H,21,24);1H. The number of hydrogen-bond donors (Lipinski definition) is 2. The van der Waals surface area contributed by atoms with Gasteiger partial charge in [0.15, 0.2) is 0 Å². The van der Waals surface area contributed by atoms with Crippen molar-refractivity contribution in [1.82, 2.24) is 15.5 Å². The molecule has 0 aromatic heterocycles. The van der Waals surface area contributed by atoms with E-state index in [4.69, 9.17) is 4.74 Å². The molecule has 1 aliphatic rings. The number of hydrogen-bond acceptors (Lipinski definition) is 4. The molecule has 26 heavy (non-hydrogen) atoms.